The normalized spacial score (nSPS) is 15.0. The molecule has 3 aliphatic rings. The Morgan fingerprint density at radius 2 is 0.630 bits per heavy atom. The van der Waals surface area contributed by atoms with Gasteiger partial charge in [0.15, 0.2) is 17.5 Å². The van der Waals surface area contributed by atoms with Gasteiger partial charge in [0.1, 0.15) is 84.2 Å². The van der Waals surface area contributed by atoms with Gasteiger partial charge in [-0.25, -0.2) is 28.1 Å². The molecule has 0 bridgehead atoms. The number of amides is 3. The van der Waals surface area contributed by atoms with E-state index in [0.29, 0.717) is 86.6 Å². The second-order valence-electron chi connectivity index (χ2n) is 33.6. The fourth-order valence-electron chi connectivity index (χ4n) is 17.4. The van der Waals surface area contributed by atoms with E-state index in [1.54, 1.807) is 72.3 Å². The van der Waals surface area contributed by atoms with E-state index in [-0.39, 0.29) is 176 Å². The summed E-state index contributed by atoms with van der Waals surface area (Å²) < 4.78 is 50.8. The molecule has 0 spiro atoms. The van der Waals surface area contributed by atoms with E-state index in [2.05, 4.69) is 52.9 Å². The van der Waals surface area contributed by atoms with Gasteiger partial charge < -0.3 is 44.7 Å². The number of aromatic hydroxyl groups is 3. The number of hydrogen-bond donors (Lipinski definition) is 3. The molecule has 0 radical (unpaired) electrons. The molecule has 3 N–H and O–H groups in total. The van der Waals surface area contributed by atoms with Crippen molar-refractivity contribution in [3.63, 3.8) is 0 Å². The van der Waals surface area contributed by atoms with Gasteiger partial charge in [-0.3, -0.25) is 57.4 Å². The summed E-state index contributed by atoms with van der Waals surface area (Å²) >= 11 is 75.3. The lowest BCUT2D eigenvalue weighted by atomic mass is 10.0. The van der Waals surface area contributed by atoms with Crippen LogP contribution in [0.3, 0.4) is 0 Å². The van der Waals surface area contributed by atoms with Crippen LogP contribution in [0.2, 0.25) is 60.3 Å². The van der Waals surface area contributed by atoms with Crippen LogP contribution in [-0.2, 0) is 14.4 Å². The van der Waals surface area contributed by atoms with Crippen LogP contribution in [0, 0.1) is 72.2 Å². The number of nitriles is 3. The van der Waals surface area contributed by atoms with Crippen LogP contribution in [0.15, 0.2) is 107 Å². The highest BCUT2D eigenvalue weighted by Crippen LogP contribution is 2.53. The Morgan fingerprint density at radius 1 is 0.399 bits per heavy atom. The molecule has 3 atom stereocenters. The first kappa shape index (κ1) is 104. The Hall–Kier alpha value is -11.6. The van der Waals surface area contributed by atoms with Gasteiger partial charge in [0, 0.05) is 112 Å². The molecule has 3 aliphatic heterocycles. The lowest BCUT2D eigenvalue weighted by molar-refractivity contribution is -0.129. The van der Waals surface area contributed by atoms with Crippen molar-refractivity contribution < 1.29 is 42.9 Å². The highest BCUT2D eigenvalue weighted by molar-refractivity contribution is 6.51. The number of carbonyl (C=O) groups is 3. The summed E-state index contributed by atoms with van der Waals surface area (Å²) in [6.07, 6.45) is 8.57. The summed E-state index contributed by atoms with van der Waals surface area (Å²) in [5.74, 6) is -6.78. The molecule has 0 aliphatic carbocycles. The van der Waals surface area contributed by atoms with Crippen molar-refractivity contribution in [1.29, 1.82) is 15.8 Å². The molecule has 12 aromatic rings. The third-order valence-electron chi connectivity index (χ3n) is 24.0. The van der Waals surface area contributed by atoms with Crippen molar-refractivity contribution in [3.05, 3.63) is 252 Å². The quantitative estimate of drug-likeness (QED) is 0.0487. The summed E-state index contributed by atoms with van der Waals surface area (Å²) in [4.78, 5) is 119. The van der Waals surface area contributed by atoms with E-state index in [1.807, 2.05) is 77.0 Å². The molecule has 3 aromatic carbocycles. The fourth-order valence-corrected chi connectivity index (χ4v) is 20.0. The number of fused-ring (bicyclic) bond motifs is 3. The van der Waals surface area contributed by atoms with Crippen molar-refractivity contribution in [1.82, 2.24) is 58.3 Å². The number of rotatable bonds is 15. The number of phenols is 3. The molecular weight excluding hydrogens is 2030 g/mol. The number of nitrogens with zero attached hydrogens (tertiary/aromatic N) is 18. The number of aryl methyl sites for hydroxylation is 3. The molecular formula is C96H81Cl12F3N18O9. The molecule has 3 fully saturated rings. The molecule has 3 amide bonds. The van der Waals surface area contributed by atoms with Crippen LogP contribution in [0.5, 0.6) is 17.2 Å². The van der Waals surface area contributed by atoms with Gasteiger partial charge in [-0.05, 0) is 131 Å². The third-order valence-corrected chi connectivity index (χ3v) is 28.7. The molecule has 0 saturated carbocycles. The number of phenolic OH excluding ortho intramolecular Hbond substituents is 3. The highest BCUT2D eigenvalue weighted by atomic mass is 35.5. The fraction of sp³-hybridized carbons (Fsp3) is 0.281. The second kappa shape index (κ2) is 41.4. The van der Waals surface area contributed by atoms with Crippen LogP contribution >= 0.6 is 139 Å². The Balaban J connectivity index is 0.000000175. The Kier molecular flexibility index (Phi) is 31.1. The van der Waals surface area contributed by atoms with E-state index < -0.39 is 113 Å². The second-order valence-corrected chi connectivity index (χ2v) is 38.2. The monoisotopic (exact) mass is 2110 g/mol. The first-order valence-electron chi connectivity index (χ1n) is 42.4. The van der Waals surface area contributed by atoms with Crippen molar-refractivity contribution in [2.24, 2.45) is 0 Å². The Bertz CT molecular complexity index is 6790. The van der Waals surface area contributed by atoms with Crippen LogP contribution in [-0.4, -0.2) is 168 Å². The van der Waals surface area contributed by atoms with Crippen molar-refractivity contribution in [2.45, 2.75) is 119 Å². The predicted molar refractivity (Wildman–Crippen MR) is 538 cm³/mol. The molecule has 12 heterocycles. The number of halogens is 15. The summed E-state index contributed by atoms with van der Waals surface area (Å²) in [6, 6.07) is 14.9. The molecule has 15 rings (SSSR count). The summed E-state index contributed by atoms with van der Waals surface area (Å²) in [5, 5.41) is 60.5. The number of hydrogen-bond acceptors (Lipinski definition) is 21. The molecule has 714 valence electrons. The summed E-state index contributed by atoms with van der Waals surface area (Å²) in [5.41, 5.74) is 0.594. The van der Waals surface area contributed by atoms with Gasteiger partial charge >= 0.3 is 0 Å². The number of piperazine rings is 3. The first-order valence-corrected chi connectivity index (χ1v) is 46.9. The van der Waals surface area contributed by atoms with Crippen molar-refractivity contribution in [3.8, 4) is 86.3 Å². The van der Waals surface area contributed by atoms with Crippen LogP contribution in [0.25, 0.3) is 83.9 Å². The molecule has 3 saturated heterocycles. The zero-order valence-electron chi connectivity index (χ0n) is 75.4. The van der Waals surface area contributed by atoms with E-state index in [0.717, 1.165) is 0 Å². The topological polar surface area (TPSA) is 346 Å². The predicted octanol–water partition coefficient (Wildman–Crippen LogP) is 22.3. The summed E-state index contributed by atoms with van der Waals surface area (Å²) in [7, 11) is 0. The van der Waals surface area contributed by atoms with E-state index >= 15 is 13.2 Å². The minimum atomic E-state index is -1.12. The maximum Gasteiger partial charge on any atom is 0.276 e. The van der Waals surface area contributed by atoms with Gasteiger partial charge in [0.25, 0.3) is 16.7 Å². The minimum Gasteiger partial charge on any atom is -0.506 e. The zero-order chi connectivity index (χ0) is 101. The smallest absolute Gasteiger partial charge is 0.276 e. The highest BCUT2D eigenvalue weighted by Gasteiger charge is 2.40. The van der Waals surface area contributed by atoms with E-state index in [9.17, 15) is 59.9 Å². The van der Waals surface area contributed by atoms with E-state index in [1.165, 1.54) is 50.1 Å². The number of anilines is 3. The Labute approximate surface area is 848 Å². The zero-order valence-corrected chi connectivity index (χ0v) is 84.5. The lowest BCUT2D eigenvalue weighted by Gasteiger charge is -2.41. The van der Waals surface area contributed by atoms with Crippen molar-refractivity contribution >= 4 is 207 Å². The van der Waals surface area contributed by atoms with Gasteiger partial charge in [-0.15, -0.1) is 0 Å². The van der Waals surface area contributed by atoms with Gasteiger partial charge in [0.05, 0.1) is 130 Å². The van der Waals surface area contributed by atoms with Crippen LogP contribution < -0.4 is 31.4 Å². The lowest BCUT2D eigenvalue weighted by Crippen LogP contribution is -2.54. The molecule has 42 heteroatoms. The number of benzene rings is 3. The van der Waals surface area contributed by atoms with Gasteiger partial charge in [-0.1, -0.05) is 200 Å². The maximum absolute atomic E-state index is 15.7. The third kappa shape index (κ3) is 18.3. The SMILES string of the molecule is C=CC(=O)N1CCN(c2c(C#N)c(=O)n(-c3c(C)ccnc3C(C)C)c3nc(-c4c(O)c(Cl)c(Cl)c(Cl)c4F)c(Cl)cc23)C[C@H]1C.C=CC(=O)N1CCN(c2c(C#N)c(=O)n(-c3c(C)ccnc3C(C)C)c3nc(-c4c(O)c(Cl)c(Cl)c(Cl)c4F)c(Cl)cc23)C[C@H]1C.C=CC(=O)N1CCN(c2c(C#N)c(=O)n(-c3c(C)ccnc3C(C)C)c3nc(-c4c(O)c(Cl)c(Cl)c(Cl)c4F)c(Cl)cc23)C[C@H]1C. The van der Waals surface area contributed by atoms with Crippen molar-refractivity contribution in [2.75, 3.05) is 73.6 Å². The average molecular weight is 2110 g/mol. The number of pyridine rings is 9. The van der Waals surface area contributed by atoms with Crippen LogP contribution in [0.1, 0.15) is 131 Å². The first-order chi connectivity index (χ1) is 65.2. The van der Waals surface area contributed by atoms with Gasteiger partial charge in [-0.2, -0.15) is 15.8 Å². The summed E-state index contributed by atoms with van der Waals surface area (Å²) in [6.45, 7) is 35.6. The molecule has 9 aromatic heterocycles. The standard InChI is InChI=1S/3C32H27Cl4FN6O3/c3*1-6-20(44)42-10-9-41(13-16(42)5)29-17-11-19(33)27(21-25(37)23(35)22(34)24(36)30(21)45)40-31(17)43(32(46)18(29)12-38)28-15(4)7-8-39-26(28)14(2)3/h3*6-8,11,14,16,45H,1,9-10,13H2,2-5H3/t3*16-/m111/s1. The number of carbonyl (C=O) groups excluding carboxylic acids is 3. The number of aromatic nitrogens is 9. The largest absolute Gasteiger partial charge is 0.506 e. The molecule has 27 nitrogen and oxygen atoms in total. The average Bonchev–Trinajstić information content (AvgIpc) is 0.726. The maximum atomic E-state index is 15.7. The minimum absolute atomic E-state index is 0.00893. The van der Waals surface area contributed by atoms with Crippen LogP contribution in [0.4, 0.5) is 30.2 Å². The molecule has 138 heavy (non-hydrogen) atoms. The Morgan fingerprint density at radius 3 is 0.833 bits per heavy atom. The molecule has 0 unspecified atom stereocenters. The van der Waals surface area contributed by atoms with E-state index in [4.69, 9.17) is 154 Å². The van der Waals surface area contributed by atoms with Gasteiger partial charge in [0.2, 0.25) is 17.7 Å².